The quantitative estimate of drug-likeness (QED) is 0.315. The molecule has 1 saturated heterocycles. The number of anilines is 1. The van der Waals surface area contributed by atoms with E-state index in [-0.39, 0.29) is 12.1 Å². The van der Waals surface area contributed by atoms with Gasteiger partial charge in [-0.1, -0.05) is 47.5 Å². The van der Waals surface area contributed by atoms with Gasteiger partial charge in [0.1, 0.15) is 5.60 Å². The summed E-state index contributed by atoms with van der Waals surface area (Å²) in [5.74, 6) is 0.894. The van der Waals surface area contributed by atoms with E-state index in [0.717, 1.165) is 53.9 Å². The Balaban J connectivity index is 1.49. The lowest BCUT2D eigenvalue weighted by Gasteiger charge is -2.36. The Morgan fingerprint density at radius 3 is 2.23 bits per heavy atom. The minimum Gasteiger partial charge on any atom is -0.444 e. The number of piperidine rings is 1. The second-order valence-corrected chi connectivity index (χ2v) is 11.1. The Morgan fingerprint density at radius 1 is 0.923 bits per heavy atom. The Hall–Kier alpha value is -4.20. The molecule has 3 heterocycles. The number of pyridine rings is 1. The third kappa shape index (κ3) is 6.28. The van der Waals surface area contributed by atoms with E-state index in [1.165, 1.54) is 11.1 Å². The maximum atomic E-state index is 12.4. The second-order valence-electron chi connectivity index (χ2n) is 11.1. The Labute approximate surface area is 229 Å². The van der Waals surface area contributed by atoms with E-state index < -0.39 is 5.60 Å². The Morgan fingerprint density at radius 2 is 1.56 bits per heavy atom. The molecule has 1 aliphatic rings. The number of rotatable bonds is 5. The zero-order chi connectivity index (χ0) is 27.6. The average Bonchev–Trinajstić information content (AvgIpc) is 3.38. The lowest BCUT2D eigenvalue weighted by molar-refractivity contribution is 0.0497. The van der Waals surface area contributed by atoms with Crippen LogP contribution < -0.4 is 10.2 Å². The lowest BCUT2D eigenvalue weighted by atomic mass is 9.96. The van der Waals surface area contributed by atoms with Crippen molar-refractivity contribution in [2.45, 2.75) is 59.1 Å². The minimum atomic E-state index is -0.528. The molecule has 0 bridgehead atoms. The highest BCUT2D eigenvalue weighted by Crippen LogP contribution is 2.40. The predicted molar refractivity (Wildman–Crippen MR) is 152 cm³/mol. The largest absolute Gasteiger partial charge is 0.444 e. The summed E-state index contributed by atoms with van der Waals surface area (Å²) in [6.07, 6.45) is 4.90. The molecule has 1 fully saturated rings. The Kier molecular flexibility index (Phi) is 7.37. The summed E-state index contributed by atoms with van der Waals surface area (Å²) in [6.45, 7) is 11.3. The molecular formula is C31H35N5O3. The van der Waals surface area contributed by atoms with Gasteiger partial charge < -0.3 is 19.4 Å². The third-order valence-electron chi connectivity index (χ3n) is 6.66. The first-order valence-corrected chi connectivity index (χ1v) is 13.4. The molecule has 0 atom stereocenters. The van der Waals surface area contributed by atoms with Gasteiger partial charge >= 0.3 is 6.09 Å². The molecule has 8 heteroatoms. The van der Waals surface area contributed by atoms with Crippen molar-refractivity contribution in [3.05, 3.63) is 72.1 Å². The molecule has 2 aromatic carbocycles. The smallest absolute Gasteiger partial charge is 0.407 e. The molecule has 39 heavy (non-hydrogen) atoms. The number of aromatic nitrogens is 3. The molecule has 8 nitrogen and oxygen atoms in total. The summed E-state index contributed by atoms with van der Waals surface area (Å²) in [4.78, 5) is 19.3. The van der Waals surface area contributed by atoms with Gasteiger partial charge in [-0.15, -0.1) is 10.2 Å². The highest BCUT2D eigenvalue weighted by atomic mass is 16.6. The average molecular weight is 526 g/mol. The summed E-state index contributed by atoms with van der Waals surface area (Å²) in [5.41, 5.74) is 6.61. The first-order valence-electron chi connectivity index (χ1n) is 13.4. The zero-order valence-corrected chi connectivity index (χ0v) is 23.2. The maximum absolute atomic E-state index is 12.4. The number of carbonyl (C=O) groups is 1. The molecule has 5 rings (SSSR count). The normalized spacial score (nSPS) is 14.3. The van der Waals surface area contributed by atoms with Crippen molar-refractivity contribution in [2.24, 2.45) is 0 Å². The first-order chi connectivity index (χ1) is 18.7. The number of ether oxygens (including phenoxy) is 1. The summed E-state index contributed by atoms with van der Waals surface area (Å²) >= 11 is 0. The van der Waals surface area contributed by atoms with Crippen LogP contribution in [0.3, 0.4) is 0 Å². The van der Waals surface area contributed by atoms with Crippen molar-refractivity contribution in [3.63, 3.8) is 0 Å². The summed E-state index contributed by atoms with van der Waals surface area (Å²) in [5, 5.41) is 11.8. The highest BCUT2D eigenvalue weighted by molar-refractivity contribution is 5.88. The van der Waals surface area contributed by atoms with Crippen LogP contribution in [0.15, 0.2) is 65.3 Å². The molecule has 0 radical (unpaired) electrons. The third-order valence-corrected chi connectivity index (χ3v) is 6.66. The van der Waals surface area contributed by atoms with Crippen molar-refractivity contribution >= 4 is 11.8 Å². The molecular weight excluding hydrogens is 490 g/mol. The number of benzene rings is 2. The van der Waals surface area contributed by atoms with Gasteiger partial charge in [-0.05, 0) is 65.2 Å². The number of hydrogen-bond acceptors (Lipinski definition) is 7. The summed E-state index contributed by atoms with van der Waals surface area (Å²) in [7, 11) is 0. The number of amides is 1. The zero-order valence-electron chi connectivity index (χ0n) is 23.2. The number of alkyl carbamates (subject to hydrolysis) is 1. The van der Waals surface area contributed by atoms with Crippen LogP contribution in [-0.4, -0.2) is 46.0 Å². The van der Waals surface area contributed by atoms with Gasteiger partial charge in [0.05, 0.1) is 11.3 Å². The minimum absolute atomic E-state index is 0.0409. The van der Waals surface area contributed by atoms with Crippen LogP contribution in [0.1, 0.15) is 44.7 Å². The van der Waals surface area contributed by atoms with Crippen LogP contribution in [-0.2, 0) is 4.74 Å². The van der Waals surface area contributed by atoms with Crippen molar-refractivity contribution in [1.82, 2.24) is 20.5 Å². The first kappa shape index (κ1) is 26.4. The number of nitrogens with one attached hydrogen (secondary N) is 1. The standard InChI is InChI=1S/C31H35N5O3/c1-20-15-21(2)17-23(16-20)25-18-32-19-26(29-35-34-28(38-29)22-9-7-6-8-10-22)27(25)36-13-11-24(12-14-36)33-30(37)39-31(3,4)5/h6-10,15-19,24H,11-14H2,1-5H3,(H,33,37). The van der Waals surface area contributed by atoms with Gasteiger partial charge in [0, 0.05) is 42.7 Å². The fourth-order valence-corrected chi connectivity index (χ4v) is 5.04. The lowest BCUT2D eigenvalue weighted by Crippen LogP contribution is -2.46. The molecule has 0 saturated carbocycles. The Bertz CT molecular complexity index is 1430. The fourth-order valence-electron chi connectivity index (χ4n) is 5.04. The molecule has 1 N–H and O–H groups in total. The summed E-state index contributed by atoms with van der Waals surface area (Å²) in [6, 6.07) is 16.3. The van der Waals surface area contributed by atoms with Crippen LogP contribution in [0.4, 0.5) is 10.5 Å². The molecule has 1 aliphatic heterocycles. The second kappa shape index (κ2) is 10.9. The molecule has 2 aromatic heterocycles. The van der Waals surface area contributed by atoms with Crippen LogP contribution >= 0.6 is 0 Å². The number of carbonyl (C=O) groups excluding carboxylic acids is 1. The maximum Gasteiger partial charge on any atom is 0.407 e. The van der Waals surface area contributed by atoms with Crippen molar-refractivity contribution < 1.29 is 13.9 Å². The van der Waals surface area contributed by atoms with E-state index in [2.05, 4.69) is 57.4 Å². The van der Waals surface area contributed by atoms with Crippen LogP contribution in [0.2, 0.25) is 0 Å². The highest BCUT2D eigenvalue weighted by Gasteiger charge is 2.28. The molecule has 0 aliphatic carbocycles. The number of hydrogen-bond donors (Lipinski definition) is 1. The molecule has 0 spiro atoms. The van der Waals surface area contributed by atoms with Crippen LogP contribution in [0, 0.1) is 13.8 Å². The van der Waals surface area contributed by atoms with Gasteiger partial charge in [0.15, 0.2) is 0 Å². The van der Waals surface area contributed by atoms with E-state index in [1.807, 2.05) is 57.3 Å². The van der Waals surface area contributed by atoms with Crippen molar-refractivity contribution in [3.8, 4) is 34.0 Å². The van der Waals surface area contributed by atoms with Crippen molar-refractivity contribution in [1.29, 1.82) is 0 Å². The number of nitrogens with zero attached hydrogens (tertiary/aromatic N) is 4. The SMILES string of the molecule is Cc1cc(C)cc(-c2cncc(-c3nnc(-c4ccccc4)o3)c2N2CCC(NC(=O)OC(C)(C)C)CC2)c1. The van der Waals surface area contributed by atoms with Gasteiger partial charge in [-0.2, -0.15) is 0 Å². The van der Waals surface area contributed by atoms with E-state index in [9.17, 15) is 4.79 Å². The van der Waals surface area contributed by atoms with Gasteiger partial charge in [-0.3, -0.25) is 4.98 Å². The van der Waals surface area contributed by atoms with Gasteiger partial charge in [0.25, 0.3) is 5.89 Å². The van der Waals surface area contributed by atoms with E-state index in [1.54, 1.807) is 6.20 Å². The molecule has 0 unspecified atom stereocenters. The monoisotopic (exact) mass is 525 g/mol. The van der Waals surface area contributed by atoms with Gasteiger partial charge in [0.2, 0.25) is 5.89 Å². The summed E-state index contributed by atoms with van der Waals surface area (Å²) < 4.78 is 11.7. The molecule has 202 valence electrons. The fraction of sp³-hybridized carbons (Fsp3) is 0.355. The van der Waals surface area contributed by atoms with Gasteiger partial charge in [-0.25, -0.2) is 4.79 Å². The topological polar surface area (TPSA) is 93.4 Å². The van der Waals surface area contributed by atoms with Crippen LogP contribution in [0.25, 0.3) is 34.0 Å². The van der Waals surface area contributed by atoms with Crippen molar-refractivity contribution in [2.75, 3.05) is 18.0 Å². The van der Waals surface area contributed by atoms with Crippen LogP contribution in [0.5, 0.6) is 0 Å². The molecule has 1 amide bonds. The van der Waals surface area contributed by atoms with E-state index >= 15 is 0 Å². The number of aryl methyl sites for hydroxylation is 2. The molecule has 4 aromatic rings. The van der Waals surface area contributed by atoms with E-state index in [0.29, 0.717) is 11.8 Å². The van der Waals surface area contributed by atoms with E-state index in [4.69, 9.17) is 9.15 Å². The predicted octanol–water partition coefficient (Wildman–Crippen LogP) is 6.58.